The van der Waals surface area contributed by atoms with Crippen LogP contribution >= 0.6 is 0 Å². The van der Waals surface area contributed by atoms with Crippen LogP contribution in [0.3, 0.4) is 0 Å². The monoisotopic (exact) mass is 451 g/mol. The van der Waals surface area contributed by atoms with Crippen molar-refractivity contribution in [1.29, 1.82) is 0 Å². The molecule has 11 heteroatoms. The van der Waals surface area contributed by atoms with E-state index < -0.39 is 21.8 Å². The van der Waals surface area contributed by atoms with Crippen molar-refractivity contribution >= 4 is 21.5 Å². The van der Waals surface area contributed by atoms with Gasteiger partial charge in [-0.05, 0) is 56.6 Å². The Kier molecular flexibility index (Phi) is 5.48. The van der Waals surface area contributed by atoms with Crippen molar-refractivity contribution in [3.05, 3.63) is 54.6 Å². The third kappa shape index (κ3) is 4.42. The summed E-state index contributed by atoms with van der Waals surface area (Å²) in [6.45, 7) is 0. The molecule has 0 bridgehead atoms. The van der Waals surface area contributed by atoms with Gasteiger partial charge in [0.1, 0.15) is 5.82 Å². The van der Waals surface area contributed by atoms with Gasteiger partial charge in [0.05, 0.1) is 22.5 Å². The summed E-state index contributed by atoms with van der Waals surface area (Å²) in [5.74, 6) is 0.192. The van der Waals surface area contributed by atoms with Crippen LogP contribution in [0.4, 0.5) is 24.7 Å². The Balaban J connectivity index is 1.72. The number of sulfonamides is 1. The molecule has 0 saturated heterocycles. The van der Waals surface area contributed by atoms with Gasteiger partial charge in [-0.2, -0.15) is 13.2 Å². The molecule has 2 aromatic heterocycles. The largest absolute Gasteiger partial charge is 0.417 e. The summed E-state index contributed by atoms with van der Waals surface area (Å²) in [6, 6.07) is 6.95. The number of pyridine rings is 1. The minimum atomic E-state index is -4.48. The fraction of sp³-hybridized carbons (Fsp3) is 0.300. The van der Waals surface area contributed by atoms with E-state index in [1.54, 1.807) is 12.4 Å². The molecule has 1 aromatic carbocycles. The van der Waals surface area contributed by atoms with E-state index in [9.17, 15) is 21.6 Å². The number of aromatic nitrogens is 3. The predicted octanol–water partition coefficient (Wildman–Crippen LogP) is 4.34. The second kappa shape index (κ2) is 7.97. The number of alkyl halides is 3. The van der Waals surface area contributed by atoms with Crippen LogP contribution in [-0.4, -0.2) is 30.0 Å². The molecule has 2 N–H and O–H groups in total. The maximum atomic E-state index is 12.8. The molecule has 0 amide bonds. The third-order valence-corrected chi connectivity index (χ3v) is 6.71. The SMILES string of the molecule is CNS(=O)(=O)c1ccc(Nc2ccc(C(F)(F)F)cn2)c(-c2cn(C3CCC3)cn2)c1. The molecule has 0 aliphatic heterocycles. The lowest BCUT2D eigenvalue weighted by atomic mass is 9.93. The summed E-state index contributed by atoms with van der Waals surface area (Å²) in [4.78, 5) is 8.31. The van der Waals surface area contributed by atoms with E-state index in [0.29, 0.717) is 23.0 Å². The van der Waals surface area contributed by atoms with Crippen LogP contribution in [0, 0.1) is 0 Å². The van der Waals surface area contributed by atoms with Crippen molar-refractivity contribution in [3.8, 4) is 11.3 Å². The lowest BCUT2D eigenvalue weighted by Crippen LogP contribution is -2.18. The van der Waals surface area contributed by atoms with E-state index in [-0.39, 0.29) is 10.7 Å². The standard InChI is InChI=1S/C20H20F3N5O2S/c1-24-31(29,30)15-6-7-17(27-19-8-5-13(10-25-19)20(21,22)23)16(9-15)18-11-28(12-26-18)14-3-2-4-14/h5-12,14,24H,2-4H2,1H3,(H,25,27). The summed E-state index contributed by atoms with van der Waals surface area (Å²) in [7, 11) is -2.38. The molecular formula is C20H20F3N5O2S. The molecule has 3 aromatic rings. The third-order valence-electron chi connectivity index (χ3n) is 5.30. The zero-order valence-corrected chi connectivity index (χ0v) is 17.3. The number of anilines is 2. The number of benzene rings is 1. The zero-order chi connectivity index (χ0) is 22.2. The number of hydrogen-bond donors (Lipinski definition) is 2. The van der Waals surface area contributed by atoms with E-state index >= 15 is 0 Å². The van der Waals surface area contributed by atoms with Gasteiger partial charge >= 0.3 is 6.18 Å². The molecule has 2 heterocycles. The molecular weight excluding hydrogens is 431 g/mol. The number of hydrogen-bond acceptors (Lipinski definition) is 5. The Bertz CT molecular complexity index is 1190. The molecule has 0 radical (unpaired) electrons. The summed E-state index contributed by atoms with van der Waals surface area (Å²) in [5.41, 5.74) is 0.666. The van der Waals surface area contributed by atoms with Crippen molar-refractivity contribution in [3.63, 3.8) is 0 Å². The van der Waals surface area contributed by atoms with Crippen LogP contribution in [0.5, 0.6) is 0 Å². The van der Waals surface area contributed by atoms with E-state index in [2.05, 4.69) is 20.0 Å². The van der Waals surface area contributed by atoms with Gasteiger partial charge in [0.15, 0.2) is 0 Å². The summed E-state index contributed by atoms with van der Waals surface area (Å²) < 4.78 is 67.2. The van der Waals surface area contributed by atoms with Gasteiger partial charge < -0.3 is 9.88 Å². The van der Waals surface area contributed by atoms with E-state index in [0.717, 1.165) is 31.5 Å². The highest BCUT2D eigenvalue weighted by atomic mass is 32.2. The Labute approximate surface area is 177 Å². The Morgan fingerprint density at radius 2 is 1.90 bits per heavy atom. The minimum absolute atomic E-state index is 0.0501. The van der Waals surface area contributed by atoms with Crippen LogP contribution < -0.4 is 10.0 Å². The zero-order valence-electron chi connectivity index (χ0n) is 16.5. The fourth-order valence-electron chi connectivity index (χ4n) is 3.26. The van der Waals surface area contributed by atoms with Gasteiger partial charge in [0.2, 0.25) is 10.0 Å². The quantitative estimate of drug-likeness (QED) is 0.582. The van der Waals surface area contributed by atoms with Crippen molar-refractivity contribution in [2.75, 3.05) is 12.4 Å². The van der Waals surface area contributed by atoms with Crippen LogP contribution in [0.2, 0.25) is 0 Å². The molecule has 1 saturated carbocycles. The van der Waals surface area contributed by atoms with Gasteiger partial charge in [-0.15, -0.1) is 0 Å². The Hall–Kier alpha value is -2.92. The molecule has 0 spiro atoms. The smallest absolute Gasteiger partial charge is 0.340 e. The molecule has 0 unspecified atom stereocenters. The highest BCUT2D eigenvalue weighted by Gasteiger charge is 2.30. The van der Waals surface area contributed by atoms with Gasteiger partial charge in [0, 0.05) is 29.7 Å². The molecule has 164 valence electrons. The van der Waals surface area contributed by atoms with E-state index in [4.69, 9.17) is 0 Å². The van der Waals surface area contributed by atoms with Gasteiger partial charge in [0.25, 0.3) is 0 Å². The Morgan fingerprint density at radius 3 is 2.48 bits per heavy atom. The van der Waals surface area contributed by atoms with Crippen LogP contribution in [0.25, 0.3) is 11.3 Å². The number of nitrogens with one attached hydrogen (secondary N) is 2. The molecule has 0 atom stereocenters. The van der Waals surface area contributed by atoms with Crippen molar-refractivity contribution in [2.45, 2.75) is 36.4 Å². The fourth-order valence-corrected chi connectivity index (χ4v) is 4.02. The maximum absolute atomic E-state index is 12.8. The van der Waals surface area contributed by atoms with Crippen molar-refractivity contribution in [2.24, 2.45) is 0 Å². The lowest BCUT2D eigenvalue weighted by molar-refractivity contribution is -0.137. The van der Waals surface area contributed by atoms with Crippen LogP contribution in [0.1, 0.15) is 30.9 Å². The first-order valence-electron chi connectivity index (χ1n) is 9.59. The highest BCUT2D eigenvalue weighted by Crippen LogP contribution is 2.36. The number of halogens is 3. The number of imidazole rings is 1. The first kappa shape index (κ1) is 21.3. The second-order valence-electron chi connectivity index (χ2n) is 7.26. The summed E-state index contributed by atoms with van der Waals surface area (Å²) in [5, 5.41) is 2.97. The first-order chi connectivity index (χ1) is 14.7. The summed E-state index contributed by atoms with van der Waals surface area (Å²) in [6.07, 6.45) is 3.09. The number of rotatable bonds is 6. The molecule has 7 nitrogen and oxygen atoms in total. The molecule has 31 heavy (non-hydrogen) atoms. The minimum Gasteiger partial charge on any atom is -0.340 e. The average Bonchev–Trinajstić information content (AvgIpc) is 3.15. The second-order valence-corrected chi connectivity index (χ2v) is 9.15. The normalized spacial score (nSPS) is 15.0. The summed E-state index contributed by atoms with van der Waals surface area (Å²) >= 11 is 0. The topological polar surface area (TPSA) is 88.9 Å². The average molecular weight is 451 g/mol. The molecule has 1 fully saturated rings. The molecule has 4 rings (SSSR count). The van der Waals surface area contributed by atoms with Gasteiger partial charge in [-0.1, -0.05) is 0 Å². The molecule has 1 aliphatic carbocycles. The number of nitrogens with zero attached hydrogens (tertiary/aromatic N) is 3. The maximum Gasteiger partial charge on any atom is 0.417 e. The first-order valence-corrected chi connectivity index (χ1v) is 11.1. The van der Waals surface area contributed by atoms with Crippen LogP contribution in [-0.2, 0) is 16.2 Å². The van der Waals surface area contributed by atoms with Crippen LogP contribution in [0.15, 0.2) is 53.9 Å². The van der Waals surface area contributed by atoms with Crippen molar-refractivity contribution in [1.82, 2.24) is 19.3 Å². The van der Waals surface area contributed by atoms with Gasteiger partial charge in [-0.25, -0.2) is 23.1 Å². The van der Waals surface area contributed by atoms with E-state index in [1.807, 2.05) is 10.8 Å². The van der Waals surface area contributed by atoms with E-state index in [1.165, 1.54) is 25.2 Å². The molecule has 1 aliphatic rings. The van der Waals surface area contributed by atoms with Gasteiger partial charge in [-0.3, -0.25) is 0 Å². The predicted molar refractivity (Wildman–Crippen MR) is 109 cm³/mol. The highest BCUT2D eigenvalue weighted by molar-refractivity contribution is 7.89. The lowest BCUT2D eigenvalue weighted by Gasteiger charge is -2.26. The van der Waals surface area contributed by atoms with Crippen molar-refractivity contribution < 1.29 is 21.6 Å². The Morgan fingerprint density at radius 1 is 1.13 bits per heavy atom.